The molecule has 0 saturated carbocycles. The van der Waals surface area contributed by atoms with E-state index in [9.17, 15) is 18.0 Å². The van der Waals surface area contributed by atoms with Crippen LogP contribution in [-0.4, -0.2) is 70.4 Å². The van der Waals surface area contributed by atoms with Crippen molar-refractivity contribution >= 4 is 30.0 Å². The highest BCUT2D eigenvalue weighted by atomic mass is 32.2. The van der Waals surface area contributed by atoms with E-state index >= 15 is 0 Å². The summed E-state index contributed by atoms with van der Waals surface area (Å²) in [6, 6.07) is 0.649. The van der Waals surface area contributed by atoms with E-state index in [1.54, 1.807) is 0 Å². The maximum absolute atomic E-state index is 12.2. The Balaban J connectivity index is 2.28. The zero-order chi connectivity index (χ0) is 18.4. The molecule has 1 heterocycles. The van der Waals surface area contributed by atoms with Gasteiger partial charge in [0.1, 0.15) is 13.3 Å². The van der Waals surface area contributed by atoms with Gasteiger partial charge in [-0.05, 0) is 18.9 Å². The minimum absolute atomic E-state index is 0.00403. The van der Waals surface area contributed by atoms with Crippen molar-refractivity contribution in [2.45, 2.75) is 44.9 Å². The number of ether oxygens (including phenoxy) is 1. The zero-order valence-electron chi connectivity index (χ0n) is 14.8. The Hall–Kier alpha value is -0.973. The van der Waals surface area contributed by atoms with Gasteiger partial charge >= 0.3 is 6.03 Å². The molecule has 0 atom stereocenters. The number of unbranched alkanes of at least 4 members (excludes halogenated alkanes) is 2. The van der Waals surface area contributed by atoms with E-state index in [0.29, 0.717) is 32.4 Å². The molecule has 3 amide bonds. The molecule has 0 radical (unpaired) electrons. The van der Waals surface area contributed by atoms with Crippen LogP contribution in [0.1, 0.15) is 19.3 Å². The molecular weight excluding hydrogens is 350 g/mol. The smallest absolute Gasteiger partial charge is 0.329 e. The Morgan fingerprint density at radius 3 is 2.42 bits per heavy atom. The number of urea groups is 1. The van der Waals surface area contributed by atoms with Crippen LogP contribution in [0.3, 0.4) is 0 Å². The molecule has 1 aliphatic rings. The maximum atomic E-state index is 12.2. The van der Waals surface area contributed by atoms with Gasteiger partial charge in [0.25, 0.3) is 5.91 Å². The Labute approximate surface area is 145 Å². The molecule has 1 rings (SSSR count). The van der Waals surface area contributed by atoms with Gasteiger partial charge in [-0.25, -0.2) is 23.3 Å². The van der Waals surface area contributed by atoms with E-state index in [4.69, 9.17) is 9.88 Å². The monoisotopic (exact) mass is 379 g/mol. The average Bonchev–Trinajstić information content (AvgIpc) is 2.67. The fourth-order valence-electron chi connectivity index (χ4n) is 2.21. The van der Waals surface area contributed by atoms with E-state index < -0.39 is 18.1 Å². The highest BCUT2D eigenvalue weighted by Gasteiger charge is 2.35. The molecule has 1 aliphatic heterocycles. The Morgan fingerprint density at radius 2 is 1.83 bits per heavy atom. The predicted molar refractivity (Wildman–Crippen MR) is 94.6 cm³/mol. The third kappa shape index (κ3) is 8.22. The molecule has 0 aliphatic carbocycles. The van der Waals surface area contributed by atoms with Gasteiger partial charge in [-0.3, -0.25) is 4.79 Å². The molecule has 24 heavy (non-hydrogen) atoms. The van der Waals surface area contributed by atoms with Gasteiger partial charge < -0.3 is 9.64 Å². The number of sulfonamides is 1. The van der Waals surface area contributed by atoms with Crippen LogP contribution in [0.2, 0.25) is 25.7 Å². The second-order valence-corrected chi connectivity index (χ2v) is 14.7. The van der Waals surface area contributed by atoms with Gasteiger partial charge in [0, 0.05) is 21.2 Å². The summed E-state index contributed by atoms with van der Waals surface area (Å²) in [5.74, 6) is -0.311. The van der Waals surface area contributed by atoms with Crippen molar-refractivity contribution in [2.75, 3.05) is 32.2 Å². The second kappa shape index (κ2) is 8.93. The van der Waals surface area contributed by atoms with E-state index in [-0.39, 0.29) is 31.0 Å². The molecule has 0 aromatic rings. The van der Waals surface area contributed by atoms with Crippen LogP contribution in [-0.2, 0) is 19.6 Å². The fraction of sp³-hybridized carbons (Fsp3) is 0.857. The number of hydrogen-bond acceptors (Lipinski definition) is 5. The number of primary sulfonamides is 1. The first-order chi connectivity index (χ1) is 11.0. The second-order valence-electron chi connectivity index (χ2n) is 7.30. The van der Waals surface area contributed by atoms with Crippen molar-refractivity contribution in [3.05, 3.63) is 0 Å². The average molecular weight is 380 g/mol. The van der Waals surface area contributed by atoms with E-state index in [0.717, 1.165) is 10.9 Å². The van der Waals surface area contributed by atoms with Gasteiger partial charge in [0.2, 0.25) is 10.0 Å². The first kappa shape index (κ1) is 21.1. The first-order valence-corrected chi connectivity index (χ1v) is 13.6. The quantitative estimate of drug-likeness (QED) is 0.327. The molecule has 2 N–H and O–H groups in total. The number of hydrogen-bond donors (Lipinski definition) is 1. The number of carbonyl (C=O) groups is 2. The Bertz CT molecular complexity index is 547. The number of nitrogens with two attached hydrogens (primary N) is 1. The van der Waals surface area contributed by atoms with Gasteiger partial charge in [-0.2, -0.15) is 0 Å². The van der Waals surface area contributed by atoms with Crippen molar-refractivity contribution in [3.63, 3.8) is 0 Å². The van der Waals surface area contributed by atoms with E-state index in [1.807, 2.05) is 0 Å². The number of rotatable bonds is 11. The van der Waals surface area contributed by atoms with Gasteiger partial charge in [0.15, 0.2) is 0 Å². The minimum Gasteiger partial charge on any atom is -0.361 e. The van der Waals surface area contributed by atoms with Crippen LogP contribution >= 0.6 is 0 Å². The van der Waals surface area contributed by atoms with E-state index in [2.05, 4.69) is 19.6 Å². The van der Waals surface area contributed by atoms with Crippen molar-refractivity contribution in [1.29, 1.82) is 0 Å². The summed E-state index contributed by atoms with van der Waals surface area (Å²) in [4.78, 5) is 26.7. The highest BCUT2D eigenvalue weighted by molar-refractivity contribution is 7.89. The van der Waals surface area contributed by atoms with Crippen LogP contribution in [0.15, 0.2) is 0 Å². The van der Waals surface area contributed by atoms with Crippen LogP contribution in [0, 0.1) is 0 Å². The van der Waals surface area contributed by atoms with Gasteiger partial charge in [-0.1, -0.05) is 26.1 Å². The summed E-state index contributed by atoms with van der Waals surface area (Å²) in [7, 11) is -4.63. The molecule has 1 fully saturated rings. The van der Waals surface area contributed by atoms with Crippen molar-refractivity contribution in [3.8, 4) is 0 Å². The molecule has 0 aromatic heterocycles. The normalized spacial score (nSPS) is 16.3. The molecule has 0 spiro atoms. The summed E-state index contributed by atoms with van der Waals surface area (Å²) in [5, 5.41) is 4.93. The van der Waals surface area contributed by atoms with Crippen LogP contribution in [0.25, 0.3) is 0 Å². The molecule has 1 saturated heterocycles. The van der Waals surface area contributed by atoms with E-state index in [1.165, 1.54) is 4.90 Å². The topological polar surface area (TPSA) is 110 Å². The summed E-state index contributed by atoms with van der Waals surface area (Å²) in [6.07, 6.45) is 1.73. The Kier molecular flexibility index (Phi) is 7.84. The van der Waals surface area contributed by atoms with Crippen molar-refractivity contribution < 1.29 is 22.7 Å². The molecular formula is C14H29N3O5SSi. The number of imide groups is 1. The molecule has 0 unspecified atom stereocenters. The lowest BCUT2D eigenvalue weighted by atomic mass is 10.2. The molecule has 10 heteroatoms. The van der Waals surface area contributed by atoms with Gasteiger partial charge in [0.05, 0.1) is 5.75 Å². The van der Waals surface area contributed by atoms with Crippen LogP contribution in [0.4, 0.5) is 4.79 Å². The predicted octanol–water partition coefficient (Wildman–Crippen LogP) is 1.02. The zero-order valence-corrected chi connectivity index (χ0v) is 16.6. The molecule has 0 bridgehead atoms. The Morgan fingerprint density at radius 1 is 1.17 bits per heavy atom. The molecule has 0 aromatic carbocycles. The van der Waals surface area contributed by atoms with Crippen molar-refractivity contribution in [2.24, 2.45) is 5.14 Å². The maximum Gasteiger partial charge on any atom is 0.329 e. The van der Waals surface area contributed by atoms with Crippen LogP contribution < -0.4 is 5.14 Å². The lowest BCUT2D eigenvalue weighted by molar-refractivity contribution is -0.128. The fourth-order valence-corrected chi connectivity index (χ4v) is 3.58. The number of carbonyl (C=O) groups excluding carboxylic acids is 2. The number of nitrogens with zero attached hydrogens (tertiary/aromatic N) is 2. The summed E-state index contributed by atoms with van der Waals surface area (Å²) in [6.45, 7) is 7.76. The minimum atomic E-state index is -3.43. The highest BCUT2D eigenvalue weighted by Crippen LogP contribution is 2.13. The summed E-state index contributed by atoms with van der Waals surface area (Å²) in [5.41, 5.74) is 0. The van der Waals surface area contributed by atoms with Crippen LogP contribution in [0.5, 0.6) is 0 Å². The number of amides is 3. The lowest BCUT2D eigenvalue weighted by Gasteiger charge is -2.19. The lowest BCUT2D eigenvalue weighted by Crippen LogP contribution is -2.35. The standard InChI is InChI=1S/C14H29N3O5SSi/c1-24(2,3)10-8-22-12-17-13(18)11-16(14(17)19)7-5-4-6-9-23(15,20)21/h4-12H2,1-3H3,(H2,15,20,21). The first-order valence-electron chi connectivity index (χ1n) is 8.17. The SMILES string of the molecule is C[Si](C)(C)CCOCN1C(=O)CN(CCCCCS(N)(=O)=O)C1=O. The van der Waals surface area contributed by atoms with Crippen molar-refractivity contribution in [1.82, 2.24) is 9.80 Å². The summed E-state index contributed by atoms with van der Waals surface area (Å²) < 4.78 is 27.1. The molecule has 140 valence electrons. The third-order valence-electron chi connectivity index (χ3n) is 3.70. The third-order valence-corrected chi connectivity index (χ3v) is 6.26. The molecule has 8 nitrogen and oxygen atoms in total. The largest absolute Gasteiger partial charge is 0.361 e. The summed E-state index contributed by atoms with van der Waals surface area (Å²) >= 11 is 0. The van der Waals surface area contributed by atoms with Gasteiger partial charge in [-0.15, -0.1) is 0 Å².